The molecule has 0 fully saturated rings. The predicted octanol–water partition coefficient (Wildman–Crippen LogP) is -1.85. The van der Waals surface area contributed by atoms with Gasteiger partial charge in [0.2, 0.25) is 0 Å². The van der Waals surface area contributed by atoms with Gasteiger partial charge in [-0.05, 0) is 20.8 Å². The molecule has 7 heteroatoms. The van der Waals surface area contributed by atoms with Gasteiger partial charge in [0, 0.05) is 39.6 Å². The maximum absolute atomic E-state index is 9.56. The molecule has 0 bridgehead atoms. The maximum Gasteiger partial charge on any atom is 3.00 e. The fourth-order valence-electron chi connectivity index (χ4n) is 0.610. The summed E-state index contributed by atoms with van der Waals surface area (Å²) in [6.45, 7) is 8.30. The molecule has 19 heavy (non-hydrogen) atoms. The van der Waals surface area contributed by atoms with Crippen LogP contribution >= 0.6 is 0 Å². The van der Waals surface area contributed by atoms with Gasteiger partial charge in [0.05, 0.1) is 0 Å². The van der Waals surface area contributed by atoms with Crippen LogP contribution in [0.3, 0.4) is 0 Å². The molecule has 0 N–H and O–H groups in total. The second kappa shape index (κ2) is 36.2. The SMILES string of the molecule is CCOCC[O-].CCOCC[O-].CCOCC[O-].[Cr+3]. The van der Waals surface area contributed by atoms with Crippen molar-refractivity contribution >= 4 is 0 Å². The van der Waals surface area contributed by atoms with Gasteiger partial charge in [0.1, 0.15) is 0 Å². The first-order valence-electron chi connectivity index (χ1n) is 6.22. The molecule has 0 heterocycles. The Kier molecular flexibility index (Phi) is 52.6. The molecule has 0 aromatic heterocycles. The van der Waals surface area contributed by atoms with Gasteiger partial charge in [0.15, 0.2) is 0 Å². The van der Waals surface area contributed by atoms with E-state index in [1.54, 1.807) is 0 Å². The van der Waals surface area contributed by atoms with E-state index in [2.05, 4.69) is 14.2 Å². The van der Waals surface area contributed by atoms with E-state index in [-0.39, 0.29) is 37.2 Å². The molecule has 1 radical (unpaired) electrons. The molecule has 0 aliphatic carbocycles. The van der Waals surface area contributed by atoms with E-state index in [0.717, 1.165) is 0 Å². The van der Waals surface area contributed by atoms with Crippen LogP contribution in [0.5, 0.6) is 0 Å². The zero-order chi connectivity index (χ0) is 14.5. The first-order chi connectivity index (χ1) is 8.74. The Morgan fingerprint density at radius 1 is 0.579 bits per heavy atom. The Morgan fingerprint density at radius 3 is 0.842 bits per heavy atom. The third kappa shape index (κ3) is 56.2. The molecule has 0 saturated heterocycles. The van der Waals surface area contributed by atoms with Gasteiger partial charge in [0.25, 0.3) is 0 Å². The van der Waals surface area contributed by atoms with Crippen LogP contribution in [0.1, 0.15) is 20.8 Å². The van der Waals surface area contributed by atoms with Crippen molar-refractivity contribution in [2.45, 2.75) is 20.8 Å². The summed E-state index contributed by atoms with van der Waals surface area (Å²) in [6.07, 6.45) is 0. The molecule has 0 aliphatic heterocycles. The van der Waals surface area contributed by atoms with Crippen LogP contribution in [-0.2, 0) is 31.6 Å². The molecule has 0 amide bonds. The minimum absolute atomic E-state index is 0. The van der Waals surface area contributed by atoms with Crippen molar-refractivity contribution in [3.8, 4) is 0 Å². The summed E-state index contributed by atoms with van der Waals surface area (Å²) in [5.74, 6) is 0. The van der Waals surface area contributed by atoms with Crippen LogP contribution in [0.2, 0.25) is 0 Å². The van der Waals surface area contributed by atoms with Gasteiger partial charge < -0.3 is 29.5 Å². The van der Waals surface area contributed by atoms with Gasteiger partial charge in [-0.3, -0.25) is 0 Å². The summed E-state index contributed by atoms with van der Waals surface area (Å²) in [5, 5.41) is 28.7. The van der Waals surface area contributed by atoms with Crippen LogP contribution in [0.4, 0.5) is 0 Å². The van der Waals surface area contributed by atoms with Gasteiger partial charge in [-0.1, -0.05) is 0 Å². The van der Waals surface area contributed by atoms with Crippen LogP contribution < -0.4 is 15.3 Å². The largest absolute Gasteiger partial charge is 3.00 e. The molecule has 0 spiro atoms. The van der Waals surface area contributed by atoms with Crippen LogP contribution in [0.25, 0.3) is 0 Å². The second-order valence-electron chi connectivity index (χ2n) is 2.70. The van der Waals surface area contributed by atoms with Gasteiger partial charge >= 0.3 is 17.4 Å². The topological polar surface area (TPSA) is 96.9 Å². The molecule has 0 aliphatic rings. The minimum Gasteiger partial charge on any atom is -0.853 e. The molecule has 0 aromatic rings. The van der Waals surface area contributed by atoms with E-state index in [0.29, 0.717) is 39.6 Å². The smallest absolute Gasteiger partial charge is 0.853 e. The van der Waals surface area contributed by atoms with Crippen molar-refractivity contribution in [1.82, 2.24) is 0 Å². The summed E-state index contributed by atoms with van der Waals surface area (Å²) < 4.78 is 14.0. The standard InChI is InChI=1S/3C4H9O2.Cr/c3*1-2-6-4-3-5;/h3*2-4H2,1H3;/q3*-1;+3. The molecular weight excluding hydrogens is 292 g/mol. The van der Waals surface area contributed by atoms with Crippen molar-refractivity contribution in [3.05, 3.63) is 0 Å². The average Bonchev–Trinajstić information content (AvgIpc) is 2.42. The van der Waals surface area contributed by atoms with Crippen molar-refractivity contribution < 1.29 is 46.9 Å². The van der Waals surface area contributed by atoms with E-state index in [1.165, 1.54) is 0 Å². The normalized spacial score (nSPS) is 8.53. The van der Waals surface area contributed by atoms with Crippen molar-refractivity contribution in [2.24, 2.45) is 0 Å². The number of hydrogen-bond acceptors (Lipinski definition) is 6. The molecular formula is C12H27CrO6. The Morgan fingerprint density at radius 2 is 0.789 bits per heavy atom. The zero-order valence-corrected chi connectivity index (χ0v) is 13.5. The van der Waals surface area contributed by atoms with Gasteiger partial charge in [-0.2, -0.15) is 0 Å². The fraction of sp³-hybridized carbons (Fsp3) is 1.00. The zero-order valence-electron chi connectivity index (χ0n) is 12.2. The summed E-state index contributed by atoms with van der Waals surface area (Å²) in [4.78, 5) is 0. The maximum atomic E-state index is 9.56. The Balaban J connectivity index is -0.0000000865. The molecule has 0 unspecified atom stereocenters. The van der Waals surface area contributed by atoms with E-state index in [9.17, 15) is 15.3 Å². The van der Waals surface area contributed by atoms with E-state index in [4.69, 9.17) is 0 Å². The molecule has 6 nitrogen and oxygen atoms in total. The van der Waals surface area contributed by atoms with Crippen LogP contribution in [-0.4, -0.2) is 59.5 Å². The Labute approximate surface area is 127 Å². The second-order valence-corrected chi connectivity index (χ2v) is 2.70. The van der Waals surface area contributed by atoms with Crippen LogP contribution in [0, 0.1) is 0 Å². The summed E-state index contributed by atoms with van der Waals surface area (Å²) >= 11 is 0. The third-order valence-corrected chi connectivity index (χ3v) is 1.30. The van der Waals surface area contributed by atoms with Gasteiger partial charge in [-0.25, -0.2) is 0 Å². The quantitative estimate of drug-likeness (QED) is 0.463. The minimum atomic E-state index is -0.117. The predicted molar refractivity (Wildman–Crippen MR) is 64.1 cm³/mol. The molecule has 0 saturated carbocycles. The average molecular weight is 319 g/mol. The van der Waals surface area contributed by atoms with Gasteiger partial charge in [-0.15, -0.1) is 19.8 Å². The first-order valence-corrected chi connectivity index (χ1v) is 6.22. The first kappa shape index (κ1) is 27.6. The van der Waals surface area contributed by atoms with Crippen molar-refractivity contribution in [2.75, 3.05) is 59.5 Å². The molecule has 0 aromatic carbocycles. The van der Waals surface area contributed by atoms with Crippen LogP contribution in [0.15, 0.2) is 0 Å². The Hall–Kier alpha value is 0.292. The summed E-state index contributed by atoms with van der Waals surface area (Å²) in [7, 11) is 0. The summed E-state index contributed by atoms with van der Waals surface area (Å²) in [5.41, 5.74) is 0. The monoisotopic (exact) mass is 319 g/mol. The summed E-state index contributed by atoms with van der Waals surface area (Å²) in [6, 6.07) is 0. The molecule has 0 atom stereocenters. The number of ether oxygens (including phenoxy) is 3. The van der Waals surface area contributed by atoms with E-state index < -0.39 is 0 Å². The van der Waals surface area contributed by atoms with Crippen molar-refractivity contribution in [1.29, 1.82) is 0 Å². The third-order valence-electron chi connectivity index (χ3n) is 1.30. The number of hydrogen-bond donors (Lipinski definition) is 0. The molecule has 0 rings (SSSR count). The molecule has 117 valence electrons. The van der Waals surface area contributed by atoms with Crippen molar-refractivity contribution in [3.63, 3.8) is 0 Å². The van der Waals surface area contributed by atoms with E-state index in [1.807, 2.05) is 20.8 Å². The fourth-order valence-corrected chi connectivity index (χ4v) is 0.610. The number of rotatable bonds is 9. The van der Waals surface area contributed by atoms with E-state index >= 15 is 0 Å². The Bertz CT molecular complexity index is 77.2.